The van der Waals surface area contributed by atoms with E-state index < -0.39 is 10.8 Å². The molecule has 2 aliphatic heterocycles. The molecule has 2 aliphatic rings. The minimum atomic E-state index is -1.58. The Morgan fingerprint density at radius 1 is 0.872 bits per heavy atom. The van der Waals surface area contributed by atoms with Gasteiger partial charge in [0.25, 0.3) is 11.8 Å². The highest BCUT2D eigenvalue weighted by molar-refractivity contribution is 7.85. The first-order valence-corrected chi connectivity index (χ1v) is 14.2. The van der Waals surface area contributed by atoms with E-state index in [9.17, 15) is 13.8 Å². The minimum absolute atomic E-state index is 0.120. The van der Waals surface area contributed by atoms with Crippen LogP contribution in [0.25, 0.3) is 0 Å². The molecule has 1 unspecified atom stereocenters. The molecule has 1 aromatic heterocycles. The summed E-state index contributed by atoms with van der Waals surface area (Å²) in [5.74, 6) is 0.513. The van der Waals surface area contributed by atoms with Crippen molar-refractivity contribution in [2.75, 3.05) is 36.0 Å². The third-order valence-electron chi connectivity index (χ3n) is 7.05. The Bertz CT molecular complexity index is 1570. The van der Waals surface area contributed by atoms with Crippen LogP contribution in [0.3, 0.4) is 0 Å². The summed E-state index contributed by atoms with van der Waals surface area (Å²) in [5, 5.41) is 0.601. The van der Waals surface area contributed by atoms with Crippen molar-refractivity contribution in [3.8, 4) is 0 Å². The average molecular weight is 557 g/mol. The van der Waals surface area contributed by atoms with Crippen LogP contribution in [0.2, 0.25) is 5.02 Å². The number of piperazine rings is 1. The molecule has 2 amide bonds. The predicted octanol–water partition coefficient (Wildman–Crippen LogP) is 5.02. The van der Waals surface area contributed by atoms with Crippen LogP contribution in [0.15, 0.2) is 101 Å². The molecule has 3 heterocycles. The standard InChI is InChI=1S/C30H25ClN4O3S/c31-23-11-8-21(9-12-23)20-35-25-19-22(10-13-27(25)39(38)26-6-2-1-5-24(26)30(35)37)29(36)34-17-15-33(16-18-34)28-7-3-4-14-32-28/h1-14,19H,15-18,20H2. The Hall–Kier alpha value is -4.01. The third kappa shape index (κ3) is 4.93. The van der Waals surface area contributed by atoms with Gasteiger partial charge in [0.05, 0.1) is 38.4 Å². The number of fused-ring (bicyclic) bond motifs is 2. The lowest BCUT2D eigenvalue weighted by Gasteiger charge is -2.35. The molecule has 1 saturated heterocycles. The maximum atomic E-state index is 13.8. The van der Waals surface area contributed by atoms with Gasteiger partial charge in [0, 0.05) is 43.0 Å². The summed E-state index contributed by atoms with van der Waals surface area (Å²) in [5.41, 5.74) is 2.19. The number of rotatable bonds is 4. The van der Waals surface area contributed by atoms with Crippen LogP contribution in [0.4, 0.5) is 11.5 Å². The number of pyridine rings is 1. The first-order chi connectivity index (χ1) is 19.0. The highest BCUT2D eigenvalue weighted by atomic mass is 35.5. The van der Waals surface area contributed by atoms with E-state index in [0.29, 0.717) is 57.8 Å². The smallest absolute Gasteiger partial charge is 0.259 e. The van der Waals surface area contributed by atoms with Crippen LogP contribution in [0.5, 0.6) is 0 Å². The summed E-state index contributed by atoms with van der Waals surface area (Å²) in [4.78, 5) is 38.4. The number of benzene rings is 3. The van der Waals surface area contributed by atoms with Gasteiger partial charge >= 0.3 is 0 Å². The largest absolute Gasteiger partial charge is 0.353 e. The lowest BCUT2D eigenvalue weighted by Crippen LogP contribution is -2.49. The molecule has 0 saturated carbocycles. The van der Waals surface area contributed by atoms with E-state index in [2.05, 4.69) is 9.88 Å². The van der Waals surface area contributed by atoms with Crippen molar-refractivity contribution in [3.63, 3.8) is 0 Å². The Labute approximate surface area is 234 Å². The second-order valence-electron chi connectivity index (χ2n) is 9.43. The molecule has 1 fully saturated rings. The second-order valence-corrected chi connectivity index (χ2v) is 11.3. The zero-order valence-corrected chi connectivity index (χ0v) is 22.6. The topological polar surface area (TPSA) is 73.8 Å². The zero-order valence-electron chi connectivity index (χ0n) is 21.0. The molecule has 39 heavy (non-hydrogen) atoms. The van der Waals surface area contributed by atoms with Gasteiger partial charge in [0.1, 0.15) is 5.82 Å². The molecule has 0 N–H and O–H groups in total. The van der Waals surface area contributed by atoms with Crippen molar-refractivity contribution in [1.29, 1.82) is 0 Å². The monoisotopic (exact) mass is 556 g/mol. The average Bonchev–Trinajstić information content (AvgIpc) is 3.07. The van der Waals surface area contributed by atoms with Gasteiger partial charge in [-0.2, -0.15) is 0 Å². The van der Waals surface area contributed by atoms with Gasteiger partial charge in [-0.1, -0.05) is 41.9 Å². The van der Waals surface area contributed by atoms with Crippen LogP contribution in [0, 0.1) is 0 Å². The van der Waals surface area contributed by atoms with Crippen molar-refractivity contribution >= 4 is 45.7 Å². The number of aromatic nitrogens is 1. The molecule has 0 spiro atoms. The van der Waals surface area contributed by atoms with Gasteiger partial charge in [-0.15, -0.1) is 0 Å². The van der Waals surface area contributed by atoms with Crippen LogP contribution >= 0.6 is 11.6 Å². The lowest BCUT2D eigenvalue weighted by atomic mass is 10.1. The Kier molecular flexibility index (Phi) is 6.89. The summed E-state index contributed by atoms with van der Waals surface area (Å²) < 4.78 is 13.7. The second kappa shape index (κ2) is 10.6. The van der Waals surface area contributed by atoms with E-state index in [1.165, 1.54) is 0 Å². The van der Waals surface area contributed by atoms with Crippen molar-refractivity contribution in [2.24, 2.45) is 0 Å². The van der Waals surface area contributed by atoms with Crippen molar-refractivity contribution in [3.05, 3.63) is 113 Å². The SMILES string of the molecule is O=C(c1ccc2c(c1)N(Cc1ccc(Cl)cc1)C(=O)c1ccccc1S2=O)N1CCN(c2ccccn2)CC1. The molecule has 9 heteroatoms. The fourth-order valence-electron chi connectivity index (χ4n) is 4.99. The highest BCUT2D eigenvalue weighted by Crippen LogP contribution is 2.36. The van der Waals surface area contributed by atoms with Crippen molar-refractivity contribution in [2.45, 2.75) is 16.3 Å². The molecule has 1 atom stereocenters. The molecule has 7 nitrogen and oxygen atoms in total. The molecule has 196 valence electrons. The maximum Gasteiger partial charge on any atom is 0.259 e. The molecular formula is C30H25ClN4O3S. The van der Waals surface area contributed by atoms with Gasteiger partial charge in [0.15, 0.2) is 0 Å². The maximum absolute atomic E-state index is 13.8. The number of hydrogen-bond acceptors (Lipinski definition) is 5. The van der Waals surface area contributed by atoms with E-state index in [1.807, 2.05) is 35.2 Å². The van der Waals surface area contributed by atoms with Crippen LogP contribution in [-0.2, 0) is 17.3 Å². The van der Waals surface area contributed by atoms with E-state index in [-0.39, 0.29) is 18.4 Å². The number of nitrogens with zero attached hydrogens (tertiary/aromatic N) is 4. The summed E-state index contributed by atoms with van der Waals surface area (Å²) in [6, 6.07) is 25.2. The fourth-order valence-corrected chi connectivity index (χ4v) is 6.46. The molecule has 3 aromatic carbocycles. The summed E-state index contributed by atoms with van der Waals surface area (Å²) in [6.07, 6.45) is 1.77. The summed E-state index contributed by atoms with van der Waals surface area (Å²) in [7, 11) is -1.58. The van der Waals surface area contributed by atoms with Gasteiger partial charge in [-0.05, 0) is 60.2 Å². The van der Waals surface area contributed by atoms with Gasteiger partial charge in [-0.25, -0.2) is 9.19 Å². The van der Waals surface area contributed by atoms with E-state index in [1.54, 1.807) is 65.7 Å². The highest BCUT2D eigenvalue weighted by Gasteiger charge is 2.32. The molecule has 6 rings (SSSR count). The molecule has 0 radical (unpaired) electrons. The molecule has 0 bridgehead atoms. The number of carbonyl (C=O) groups excluding carboxylic acids is 2. The van der Waals surface area contributed by atoms with Crippen LogP contribution in [-0.4, -0.2) is 52.1 Å². The third-order valence-corrected chi connectivity index (χ3v) is 8.81. The molecular weight excluding hydrogens is 532 g/mol. The fraction of sp³-hybridized carbons (Fsp3) is 0.167. The minimum Gasteiger partial charge on any atom is -0.353 e. The normalized spacial score (nSPS) is 16.9. The number of anilines is 2. The van der Waals surface area contributed by atoms with E-state index >= 15 is 0 Å². The summed E-state index contributed by atoms with van der Waals surface area (Å²) >= 11 is 6.08. The first-order valence-electron chi connectivity index (χ1n) is 12.7. The Balaban J connectivity index is 1.33. The Morgan fingerprint density at radius 2 is 1.62 bits per heavy atom. The molecule has 4 aromatic rings. The van der Waals surface area contributed by atoms with Gasteiger partial charge < -0.3 is 14.7 Å². The van der Waals surface area contributed by atoms with E-state index in [4.69, 9.17) is 11.6 Å². The quantitative estimate of drug-likeness (QED) is 0.353. The number of hydrogen-bond donors (Lipinski definition) is 0. The first kappa shape index (κ1) is 25.3. The van der Waals surface area contributed by atoms with E-state index in [0.717, 1.165) is 11.4 Å². The van der Waals surface area contributed by atoms with Crippen LogP contribution < -0.4 is 9.80 Å². The molecule has 0 aliphatic carbocycles. The van der Waals surface area contributed by atoms with Crippen molar-refractivity contribution in [1.82, 2.24) is 9.88 Å². The Morgan fingerprint density at radius 3 is 2.36 bits per heavy atom. The number of halogens is 1. The summed E-state index contributed by atoms with van der Waals surface area (Å²) in [6.45, 7) is 2.70. The van der Waals surface area contributed by atoms with Crippen molar-refractivity contribution < 1.29 is 13.8 Å². The number of amides is 2. The number of carbonyl (C=O) groups is 2. The van der Waals surface area contributed by atoms with Crippen LogP contribution in [0.1, 0.15) is 26.3 Å². The predicted molar refractivity (Wildman–Crippen MR) is 152 cm³/mol. The lowest BCUT2D eigenvalue weighted by molar-refractivity contribution is 0.0746. The van der Waals surface area contributed by atoms with Gasteiger partial charge in [-0.3, -0.25) is 9.59 Å². The van der Waals surface area contributed by atoms with Gasteiger partial charge in [0.2, 0.25) is 0 Å². The zero-order chi connectivity index (χ0) is 26.9.